The minimum Gasteiger partial charge on any atom is -0.435 e. The summed E-state index contributed by atoms with van der Waals surface area (Å²) in [6.07, 6.45) is 0. The zero-order valence-electron chi connectivity index (χ0n) is 12.3. The number of amides is 2. The van der Waals surface area contributed by atoms with E-state index in [2.05, 4.69) is 26.0 Å². The highest BCUT2D eigenvalue weighted by atomic mass is 79.9. The SMILES string of the molecule is CN(Cc1ccc(Br)cc1)C(=O)Nc1ccc(OC(F)F)cc1. The van der Waals surface area contributed by atoms with Crippen molar-refractivity contribution in [2.24, 2.45) is 0 Å². The third-order valence-corrected chi connectivity index (χ3v) is 3.54. The van der Waals surface area contributed by atoms with Gasteiger partial charge in [-0.1, -0.05) is 28.1 Å². The number of hydrogen-bond acceptors (Lipinski definition) is 2. The maximum atomic E-state index is 12.1. The summed E-state index contributed by atoms with van der Waals surface area (Å²) in [5, 5.41) is 2.69. The summed E-state index contributed by atoms with van der Waals surface area (Å²) in [5.41, 5.74) is 1.49. The van der Waals surface area contributed by atoms with Gasteiger partial charge in [0.05, 0.1) is 0 Å². The number of anilines is 1. The molecular weight excluding hydrogens is 370 g/mol. The first-order valence-corrected chi connectivity index (χ1v) is 7.55. The fourth-order valence-corrected chi connectivity index (χ4v) is 2.14. The van der Waals surface area contributed by atoms with Crippen molar-refractivity contribution in [3.8, 4) is 5.75 Å². The number of halogens is 3. The Balaban J connectivity index is 1.91. The zero-order chi connectivity index (χ0) is 16.8. The molecule has 0 aliphatic heterocycles. The van der Waals surface area contributed by atoms with Crippen molar-refractivity contribution in [1.82, 2.24) is 4.90 Å². The molecule has 2 amide bonds. The maximum Gasteiger partial charge on any atom is 0.387 e. The van der Waals surface area contributed by atoms with Crippen LogP contribution in [0, 0.1) is 0 Å². The van der Waals surface area contributed by atoms with Crippen LogP contribution >= 0.6 is 15.9 Å². The topological polar surface area (TPSA) is 41.6 Å². The predicted molar refractivity (Wildman–Crippen MR) is 87.7 cm³/mol. The third kappa shape index (κ3) is 5.52. The minimum absolute atomic E-state index is 0.0428. The Bertz CT molecular complexity index is 648. The third-order valence-electron chi connectivity index (χ3n) is 3.01. The number of urea groups is 1. The molecule has 0 bridgehead atoms. The second-order valence-corrected chi connectivity index (χ2v) is 5.73. The molecule has 122 valence electrons. The van der Waals surface area contributed by atoms with Crippen LogP contribution in [0.2, 0.25) is 0 Å². The number of benzene rings is 2. The van der Waals surface area contributed by atoms with Gasteiger partial charge in [-0.05, 0) is 42.0 Å². The number of alkyl halides is 2. The molecule has 1 N–H and O–H groups in total. The second kappa shape index (κ2) is 7.92. The average molecular weight is 385 g/mol. The van der Waals surface area contributed by atoms with Crippen LogP contribution in [0.5, 0.6) is 5.75 Å². The average Bonchev–Trinajstić information content (AvgIpc) is 2.51. The van der Waals surface area contributed by atoms with Crippen molar-refractivity contribution in [2.45, 2.75) is 13.2 Å². The van der Waals surface area contributed by atoms with E-state index in [0.717, 1.165) is 10.0 Å². The quantitative estimate of drug-likeness (QED) is 0.810. The molecular formula is C16H15BrF2N2O2. The lowest BCUT2D eigenvalue weighted by Crippen LogP contribution is -2.30. The van der Waals surface area contributed by atoms with Gasteiger partial charge in [-0.3, -0.25) is 0 Å². The predicted octanol–water partition coefficient (Wildman–Crippen LogP) is 4.71. The molecule has 2 aromatic rings. The molecule has 0 saturated carbocycles. The summed E-state index contributed by atoms with van der Waals surface area (Å²) in [5.74, 6) is 0.0428. The molecule has 7 heteroatoms. The summed E-state index contributed by atoms with van der Waals surface area (Å²) in [6, 6.07) is 13.1. The Morgan fingerprint density at radius 3 is 2.35 bits per heavy atom. The second-order valence-electron chi connectivity index (χ2n) is 4.82. The van der Waals surface area contributed by atoms with E-state index in [9.17, 15) is 13.6 Å². The van der Waals surface area contributed by atoms with Gasteiger partial charge >= 0.3 is 12.6 Å². The molecule has 0 radical (unpaired) electrons. The van der Waals surface area contributed by atoms with Crippen LogP contribution in [0.25, 0.3) is 0 Å². The monoisotopic (exact) mass is 384 g/mol. The summed E-state index contributed by atoms with van der Waals surface area (Å²) in [6.45, 7) is -2.42. The van der Waals surface area contributed by atoms with Gasteiger partial charge in [-0.25, -0.2) is 4.79 Å². The standard InChI is InChI=1S/C16H15BrF2N2O2/c1-21(10-11-2-4-12(17)5-3-11)16(22)20-13-6-8-14(9-7-13)23-15(18)19/h2-9,15H,10H2,1H3,(H,20,22). The van der Waals surface area contributed by atoms with Gasteiger partial charge in [0, 0.05) is 23.8 Å². The Labute approximate surface area is 141 Å². The van der Waals surface area contributed by atoms with Crippen LogP contribution in [-0.4, -0.2) is 24.6 Å². The maximum absolute atomic E-state index is 12.1. The molecule has 0 aromatic heterocycles. The Morgan fingerprint density at radius 1 is 1.17 bits per heavy atom. The summed E-state index contributed by atoms with van der Waals surface area (Å²) >= 11 is 3.36. The number of carbonyl (C=O) groups is 1. The van der Waals surface area contributed by atoms with E-state index in [4.69, 9.17) is 0 Å². The molecule has 0 spiro atoms. The summed E-state index contributed by atoms with van der Waals surface area (Å²) < 4.78 is 29.4. The largest absolute Gasteiger partial charge is 0.435 e. The van der Waals surface area contributed by atoms with Crippen LogP contribution in [0.15, 0.2) is 53.0 Å². The molecule has 0 unspecified atom stereocenters. The molecule has 0 heterocycles. The molecule has 0 fully saturated rings. The number of nitrogens with one attached hydrogen (secondary N) is 1. The van der Waals surface area contributed by atoms with Crippen molar-refractivity contribution in [1.29, 1.82) is 0 Å². The number of nitrogens with zero attached hydrogens (tertiary/aromatic N) is 1. The van der Waals surface area contributed by atoms with Gasteiger partial charge in [-0.15, -0.1) is 0 Å². The van der Waals surface area contributed by atoms with E-state index < -0.39 is 6.61 Å². The van der Waals surface area contributed by atoms with Crippen LogP contribution in [0.1, 0.15) is 5.56 Å². The molecule has 4 nitrogen and oxygen atoms in total. The Kier molecular flexibility index (Phi) is 5.92. The van der Waals surface area contributed by atoms with Gasteiger partial charge in [0.25, 0.3) is 0 Å². The molecule has 2 rings (SSSR count). The number of rotatable bonds is 5. The molecule has 0 saturated heterocycles. The van der Waals surface area contributed by atoms with Crippen molar-refractivity contribution in [2.75, 3.05) is 12.4 Å². The molecule has 23 heavy (non-hydrogen) atoms. The van der Waals surface area contributed by atoms with Crippen molar-refractivity contribution in [3.63, 3.8) is 0 Å². The smallest absolute Gasteiger partial charge is 0.387 e. The normalized spacial score (nSPS) is 10.5. The van der Waals surface area contributed by atoms with E-state index >= 15 is 0 Å². The fourth-order valence-electron chi connectivity index (χ4n) is 1.87. The summed E-state index contributed by atoms with van der Waals surface area (Å²) in [7, 11) is 1.67. The van der Waals surface area contributed by atoms with Gasteiger partial charge in [-0.2, -0.15) is 8.78 Å². The van der Waals surface area contributed by atoms with Gasteiger partial charge in [0.15, 0.2) is 0 Å². The number of ether oxygens (including phenoxy) is 1. The highest BCUT2D eigenvalue weighted by Crippen LogP contribution is 2.18. The zero-order valence-corrected chi connectivity index (χ0v) is 13.9. The first kappa shape index (κ1) is 17.2. The number of carbonyl (C=O) groups excluding carboxylic acids is 1. The van der Waals surface area contributed by atoms with Crippen molar-refractivity contribution >= 4 is 27.6 Å². The van der Waals surface area contributed by atoms with Crippen molar-refractivity contribution < 1.29 is 18.3 Å². The molecule has 2 aromatic carbocycles. The van der Waals surface area contributed by atoms with E-state index in [-0.39, 0.29) is 11.8 Å². The highest BCUT2D eigenvalue weighted by Gasteiger charge is 2.10. The lowest BCUT2D eigenvalue weighted by Gasteiger charge is -2.18. The Hall–Kier alpha value is -2.15. The van der Waals surface area contributed by atoms with Crippen molar-refractivity contribution in [3.05, 3.63) is 58.6 Å². The van der Waals surface area contributed by atoms with Gasteiger partial charge in [0.2, 0.25) is 0 Å². The van der Waals surface area contributed by atoms with E-state index in [1.165, 1.54) is 29.2 Å². The van der Waals surface area contributed by atoms with Gasteiger partial charge in [0.1, 0.15) is 5.75 Å². The van der Waals surface area contributed by atoms with Crippen LogP contribution in [0.3, 0.4) is 0 Å². The highest BCUT2D eigenvalue weighted by molar-refractivity contribution is 9.10. The minimum atomic E-state index is -2.87. The summed E-state index contributed by atoms with van der Waals surface area (Å²) in [4.78, 5) is 13.6. The molecule has 0 aliphatic rings. The van der Waals surface area contributed by atoms with Gasteiger partial charge < -0.3 is 15.0 Å². The van der Waals surface area contributed by atoms with Crippen LogP contribution < -0.4 is 10.1 Å². The van der Waals surface area contributed by atoms with E-state index in [1.54, 1.807) is 7.05 Å². The first-order valence-electron chi connectivity index (χ1n) is 6.75. The Morgan fingerprint density at radius 2 is 1.78 bits per heavy atom. The lowest BCUT2D eigenvalue weighted by molar-refractivity contribution is -0.0498. The van der Waals surface area contributed by atoms with Crippen LogP contribution in [0.4, 0.5) is 19.3 Å². The first-order chi connectivity index (χ1) is 10.9. The molecule has 0 aliphatic carbocycles. The lowest BCUT2D eigenvalue weighted by atomic mass is 10.2. The number of hydrogen-bond donors (Lipinski definition) is 1. The fraction of sp³-hybridized carbons (Fsp3) is 0.188. The van der Waals surface area contributed by atoms with E-state index in [1.807, 2.05) is 24.3 Å². The van der Waals surface area contributed by atoms with E-state index in [0.29, 0.717) is 12.2 Å². The molecule has 0 atom stereocenters. The van der Waals surface area contributed by atoms with Crippen LogP contribution in [-0.2, 0) is 6.54 Å².